The Morgan fingerprint density at radius 1 is 0.800 bits per heavy atom. The van der Waals surface area contributed by atoms with Crippen LogP contribution in [0.1, 0.15) is 93.4 Å². The molecular formula is C44H45N5O11. The summed E-state index contributed by atoms with van der Waals surface area (Å²) in [4.78, 5) is 82.3. The summed E-state index contributed by atoms with van der Waals surface area (Å²) >= 11 is 0. The molecule has 1 aliphatic rings. The number of hydrogen-bond donors (Lipinski definition) is 4. The molecule has 1 heterocycles. The van der Waals surface area contributed by atoms with Crippen molar-refractivity contribution < 1.29 is 52.5 Å². The minimum atomic E-state index is -1.31. The van der Waals surface area contributed by atoms with E-state index in [9.17, 15) is 28.8 Å². The standard InChI is InChI=1S/C44H45N5O11/c1-7-28-21-34(39(50)47-31-17-15-29(16-18-31)38(45)49-44(55)60-26(5)58-42(53)30-11-9-8-10-12-30)33(22-36(28)56-6)32-19-20-35(40(51)46-23-27-13-14-27)48-37(32)43(54)59-25(4)57-41(52)24(2)3/h7-12,15-22,24-27H,1,13-14,23H2,2-6H3,(H,46,51)(H,47,50)(H2,45,49,55). The zero-order chi connectivity index (χ0) is 43.5. The van der Waals surface area contributed by atoms with Crippen molar-refractivity contribution in [3.05, 3.63) is 119 Å². The molecule has 1 aliphatic carbocycles. The monoisotopic (exact) mass is 819 g/mol. The Morgan fingerprint density at radius 2 is 1.47 bits per heavy atom. The van der Waals surface area contributed by atoms with Crippen LogP contribution < -0.4 is 20.7 Å². The third kappa shape index (κ3) is 11.6. The molecule has 5 rings (SSSR count). The van der Waals surface area contributed by atoms with Gasteiger partial charge in [0.15, 0.2) is 5.69 Å². The Morgan fingerprint density at radius 3 is 2.10 bits per heavy atom. The molecule has 1 fully saturated rings. The van der Waals surface area contributed by atoms with Crippen molar-refractivity contribution in [2.45, 2.75) is 53.1 Å². The number of carbonyl (C=O) groups is 6. The van der Waals surface area contributed by atoms with E-state index >= 15 is 0 Å². The third-order valence-electron chi connectivity index (χ3n) is 8.93. The first kappa shape index (κ1) is 43.8. The fourth-order valence-corrected chi connectivity index (χ4v) is 5.57. The zero-order valence-electron chi connectivity index (χ0n) is 33.7. The fourth-order valence-electron chi connectivity index (χ4n) is 5.57. The van der Waals surface area contributed by atoms with Crippen molar-refractivity contribution in [3.8, 4) is 16.9 Å². The molecule has 60 heavy (non-hydrogen) atoms. The van der Waals surface area contributed by atoms with E-state index in [2.05, 4.69) is 27.5 Å². The van der Waals surface area contributed by atoms with Gasteiger partial charge in [-0.25, -0.2) is 19.4 Å². The average molecular weight is 820 g/mol. The fraction of sp³-hybridized carbons (Fsp3) is 0.273. The largest absolute Gasteiger partial charge is 0.496 e. The number of alkyl carbamates (subject to hydrolysis) is 1. The molecule has 0 aliphatic heterocycles. The summed E-state index contributed by atoms with van der Waals surface area (Å²) in [7, 11) is 1.42. The quantitative estimate of drug-likeness (QED) is 0.0399. The van der Waals surface area contributed by atoms with Gasteiger partial charge in [0, 0.05) is 53.9 Å². The Hall–Kier alpha value is -7.36. The van der Waals surface area contributed by atoms with Crippen molar-refractivity contribution in [2.24, 2.45) is 11.8 Å². The van der Waals surface area contributed by atoms with Crippen LogP contribution in [0.3, 0.4) is 0 Å². The van der Waals surface area contributed by atoms with Crippen molar-refractivity contribution in [3.63, 3.8) is 0 Å². The molecular weight excluding hydrogens is 775 g/mol. The molecule has 4 N–H and O–H groups in total. The first-order valence-electron chi connectivity index (χ1n) is 19.0. The molecule has 0 bridgehead atoms. The van der Waals surface area contributed by atoms with Crippen LogP contribution in [0, 0.1) is 17.2 Å². The molecule has 3 aromatic carbocycles. The number of esters is 3. The van der Waals surface area contributed by atoms with Crippen LogP contribution >= 0.6 is 0 Å². The number of ether oxygens (including phenoxy) is 5. The van der Waals surface area contributed by atoms with Gasteiger partial charge in [-0.15, -0.1) is 0 Å². The summed E-state index contributed by atoms with van der Waals surface area (Å²) in [5, 5.41) is 16.2. The lowest BCUT2D eigenvalue weighted by molar-refractivity contribution is -0.169. The molecule has 0 spiro atoms. The number of aromatic nitrogens is 1. The van der Waals surface area contributed by atoms with Crippen molar-refractivity contribution >= 4 is 53.4 Å². The van der Waals surface area contributed by atoms with Gasteiger partial charge in [0.2, 0.25) is 12.6 Å². The van der Waals surface area contributed by atoms with E-state index in [0.717, 1.165) is 12.8 Å². The number of hydrogen-bond acceptors (Lipinski definition) is 13. The highest BCUT2D eigenvalue weighted by Crippen LogP contribution is 2.35. The minimum absolute atomic E-state index is 0.0510. The maximum Gasteiger partial charge on any atom is 0.415 e. The average Bonchev–Trinajstić information content (AvgIpc) is 4.07. The number of anilines is 1. The predicted octanol–water partition coefficient (Wildman–Crippen LogP) is 6.75. The summed E-state index contributed by atoms with van der Waals surface area (Å²) in [6.45, 7) is 10.3. The van der Waals surface area contributed by atoms with Gasteiger partial charge in [0.05, 0.1) is 18.6 Å². The molecule has 16 nitrogen and oxygen atoms in total. The zero-order valence-corrected chi connectivity index (χ0v) is 33.7. The van der Waals surface area contributed by atoms with Crippen LogP contribution in [0.4, 0.5) is 10.5 Å². The highest BCUT2D eigenvalue weighted by molar-refractivity contribution is 6.11. The van der Waals surface area contributed by atoms with Gasteiger partial charge in [-0.05, 0) is 79.4 Å². The summed E-state index contributed by atoms with van der Waals surface area (Å²) in [6, 6.07) is 20.0. The van der Waals surface area contributed by atoms with E-state index in [-0.39, 0.29) is 45.0 Å². The minimum Gasteiger partial charge on any atom is -0.496 e. The second kappa shape index (κ2) is 19.9. The van der Waals surface area contributed by atoms with Crippen molar-refractivity contribution in [2.75, 3.05) is 19.0 Å². The maximum absolute atomic E-state index is 14.1. The topological polar surface area (TPSA) is 221 Å². The number of methoxy groups -OCH3 is 1. The second-order valence-electron chi connectivity index (χ2n) is 13.9. The molecule has 2 unspecified atom stereocenters. The normalized spacial score (nSPS) is 12.8. The molecule has 1 saturated carbocycles. The van der Waals surface area contributed by atoms with Crippen LogP contribution in [-0.2, 0) is 23.7 Å². The SMILES string of the molecule is C=Cc1cc(C(=O)Nc2ccc(C(=N)NC(=O)OC(C)OC(=O)c3ccccc3)cc2)c(-c2ccc(C(=O)NCC3CC3)nc2C(=O)OC(C)OC(=O)C(C)C)cc1OC. The molecule has 4 aromatic rings. The van der Waals surface area contributed by atoms with Crippen molar-refractivity contribution in [1.29, 1.82) is 5.41 Å². The second-order valence-corrected chi connectivity index (χ2v) is 13.9. The Bertz CT molecular complexity index is 2290. The van der Waals surface area contributed by atoms with E-state index < -0.39 is 54.3 Å². The van der Waals surface area contributed by atoms with Gasteiger partial charge in [0.25, 0.3) is 11.8 Å². The number of nitrogens with zero attached hydrogens (tertiary/aromatic N) is 1. The summed E-state index contributed by atoms with van der Waals surface area (Å²) < 4.78 is 26.5. The Labute approximate surface area is 346 Å². The number of amides is 3. The smallest absolute Gasteiger partial charge is 0.415 e. The van der Waals surface area contributed by atoms with Gasteiger partial charge in [-0.1, -0.05) is 44.7 Å². The number of amidine groups is 1. The Kier molecular flexibility index (Phi) is 14.5. The molecule has 16 heteroatoms. The maximum atomic E-state index is 14.1. The summed E-state index contributed by atoms with van der Waals surface area (Å²) in [5.41, 5.74) is 1.19. The Balaban J connectivity index is 1.37. The third-order valence-corrected chi connectivity index (χ3v) is 8.93. The lowest BCUT2D eigenvalue weighted by Gasteiger charge is -2.19. The van der Waals surface area contributed by atoms with Gasteiger partial charge in [0.1, 0.15) is 17.3 Å². The first-order valence-corrected chi connectivity index (χ1v) is 19.0. The van der Waals surface area contributed by atoms with E-state index in [1.54, 1.807) is 44.2 Å². The molecule has 0 saturated heterocycles. The number of pyridine rings is 1. The number of rotatable bonds is 16. The van der Waals surface area contributed by atoms with Crippen LogP contribution in [0.2, 0.25) is 0 Å². The molecule has 312 valence electrons. The lowest BCUT2D eigenvalue weighted by atomic mass is 9.94. The van der Waals surface area contributed by atoms with Crippen LogP contribution in [0.15, 0.2) is 85.4 Å². The van der Waals surface area contributed by atoms with E-state index in [0.29, 0.717) is 29.5 Å². The highest BCUT2D eigenvalue weighted by Gasteiger charge is 2.28. The van der Waals surface area contributed by atoms with Gasteiger partial charge in [-0.2, -0.15) is 0 Å². The van der Waals surface area contributed by atoms with Crippen LogP contribution in [0.5, 0.6) is 5.75 Å². The number of carbonyl (C=O) groups excluding carboxylic acids is 6. The summed E-state index contributed by atoms with van der Waals surface area (Å²) in [6.07, 6.45) is -0.111. The summed E-state index contributed by atoms with van der Waals surface area (Å²) in [5.74, 6) is -3.61. The lowest BCUT2D eigenvalue weighted by Crippen LogP contribution is -2.34. The van der Waals surface area contributed by atoms with E-state index in [4.69, 9.17) is 29.1 Å². The van der Waals surface area contributed by atoms with Crippen molar-refractivity contribution in [1.82, 2.24) is 15.6 Å². The highest BCUT2D eigenvalue weighted by atomic mass is 16.7. The predicted molar refractivity (Wildman–Crippen MR) is 219 cm³/mol. The number of benzene rings is 3. The van der Waals surface area contributed by atoms with Crippen LogP contribution in [0.25, 0.3) is 17.2 Å². The molecule has 3 amide bonds. The van der Waals surface area contributed by atoms with Gasteiger partial charge in [-0.3, -0.25) is 25.1 Å². The molecule has 0 radical (unpaired) electrons. The first-order chi connectivity index (χ1) is 28.7. The van der Waals surface area contributed by atoms with E-state index in [1.165, 1.54) is 75.6 Å². The molecule has 2 atom stereocenters. The van der Waals surface area contributed by atoms with Gasteiger partial charge < -0.3 is 34.3 Å². The molecule has 1 aromatic heterocycles. The van der Waals surface area contributed by atoms with Gasteiger partial charge >= 0.3 is 24.0 Å². The van der Waals surface area contributed by atoms with E-state index in [1.807, 2.05) is 0 Å². The number of nitrogens with one attached hydrogen (secondary N) is 4. The van der Waals surface area contributed by atoms with Crippen LogP contribution in [-0.4, -0.2) is 72.9 Å².